The molecule has 0 atom stereocenters. The summed E-state index contributed by atoms with van der Waals surface area (Å²) in [7, 11) is 0. The first-order chi connectivity index (χ1) is 8.66. The average molecular weight is 238 g/mol. The SMILES string of the molecule is Cc1ccc(CC(=O)C(=O)c2ccccc2)cc1. The number of carbonyl (C=O) groups excluding carboxylic acids is 2. The van der Waals surface area contributed by atoms with Crippen LogP contribution in [0.3, 0.4) is 0 Å². The van der Waals surface area contributed by atoms with Crippen molar-refractivity contribution in [3.05, 3.63) is 71.3 Å². The smallest absolute Gasteiger partial charge is 0.228 e. The summed E-state index contributed by atoms with van der Waals surface area (Å²) in [6.45, 7) is 1.99. The largest absolute Gasteiger partial charge is 0.290 e. The molecule has 0 unspecified atom stereocenters. The van der Waals surface area contributed by atoms with Crippen molar-refractivity contribution in [1.29, 1.82) is 0 Å². The molecule has 0 N–H and O–H groups in total. The van der Waals surface area contributed by atoms with Crippen molar-refractivity contribution < 1.29 is 9.59 Å². The zero-order chi connectivity index (χ0) is 13.0. The molecule has 0 spiro atoms. The first-order valence-corrected chi connectivity index (χ1v) is 5.85. The molecule has 0 amide bonds. The summed E-state index contributed by atoms with van der Waals surface area (Å²) in [5.41, 5.74) is 2.46. The molecular formula is C16H14O2. The van der Waals surface area contributed by atoms with Crippen LogP contribution in [0.4, 0.5) is 0 Å². The number of benzene rings is 2. The highest BCUT2D eigenvalue weighted by atomic mass is 16.2. The lowest BCUT2D eigenvalue weighted by molar-refractivity contribution is -0.114. The Kier molecular flexibility index (Phi) is 3.68. The molecule has 0 radical (unpaired) electrons. The molecule has 0 bridgehead atoms. The van der Waals surface area contributed by atoms with Crippen LogP contribution in [-0.2, 0) is 11.2 Å². The van der Waals surface area contributed by atoms with E-state index in [1.54, 1.807) is 24.3 Å². The maximum atomic E-state index is 11.9. The lowest BCUT2D eigenvalue weighted by atomic mass is 10.0. The van der Waals surface area contributed by atoms with Crippen LogP contribution < -0.4 is 0 Å². The summed E-state index contributed by atoms with van der Waals surface area (Å²) in [5.74, 6) is -0.791. The third kappa shape index (κ3) is 2.92. The minimum absolute atomic E-state index is 0.161. The van der Waals surface area contributed by atoms with E-state index in [1.165, 1.54) is 0 Å². The van der Waals surface area contributed by atoms with Gasteiger partial charge in [0, 0.05) is 12.0 Å². The zero-order valence-electron chi connectivity index (χ0n) is 10.2. The number of carbonyl (C=O) groups is 2. The van der Waals surface area contributed by atoms with Crippen molar-refractivity contribution in [1.82, 2.24) is 0 Å². The Bertz CT molecular complexity index is 553. The summed E-state index contributed by atoms with van der Waals surface area (Å²) in [6.07, 6.45) is 0.161. The highest BCUT2D eigenvalue weighted by Crippen LogP contribution is 2.07. The van der Waals surface area contributed by atoms with E-state index in [0.29, 0.717) is 5.56 Å². The minimum Gasteiger partial charge on any atom is -0.290 e. The van der Waals surface area contributed by atoms with E-state index in [0.717, 1.165) is 11.1 Å². The molecule has 0 saturated heterocycles. The quantitative estimate of drug-likeness (QED) is 0.606. The molecule has 18 heavy (non-hydrogen) atoms. The summed E-state index contributed by atoms with van der Waals surface area (Å²) < 4.78 is 0. The molecule has 90 valence electrons. The third-order valence-electron chi connectivity index (χ3n) is 2.77. The van der Waals surface area contributed by atoms with Crippen LogP contribution in [0.5, 0.6) is 0 Å². The first kappa shape index (κ1) is 12.2. The summed E-state index contributed by atoms with van der Waals surface area (Å²) in [5, 5.41) is 0. The van der Waals surface area contributed by atoms with Gasteiger partial charge in [0.05, 0.1) is 0 Å². The molecule has 0 heterocycles. The fraction of sp³-hybridized carbons (Fsp3) is 0.125. The maximum Gasteiger partial charge on any atom is 0.228 e. The highest BCUT2D eigenvalue weighted by molar-refractivity contribution is 6.44. The van der Waals surface area contributed by atoms with Crippen molar-refractivity contribution in [3.63, 3.8) is 0 Å². The van der Waals surface area contributed by atoms with Crippen LogP contribution in [0.2, 0.25) is 0 Å². The van der Waals surface area contributed by atoms with E-state index in [9.17, 15) is 9.59 Å². The van der Waals surface area contributed by atoms with Crippen LogP contribution in [0.15, 0.2) is 54.6 Å². The summed E-state index contributed by atoms with van der Waals surface area (Å²) in [4.78, 5) is 23.7. The molecule has 2 heteroatoms. The number of ketones is 2. The van der Waals surface area contributed by atoms with Crippen LogP contribution in [0, 0.1) is 6.92 Å². The number of aryl methyl sites for hydroxylation is 1. The number of Topliss-reactive ketones (excluding diaryl/α,β-unsaturated/α-hetero) is 2. The number of rotatable bonds is 4. The van der Waals surface area contributed by atoms with Crippen LogP contribution >= 0.6 is 0 Å². The Balaban J connectivity index is 2.09. The topological polar surface area (TPSA) is 34.1 Å². The zero-order valence-corrected chi connectivity index (χ0v) is 10.2. The molecule has 0 aliphatic carbocycles. The molecule has 0 aliphatic heterocycles. The Hall–Kier alpha value is -2.22. The van der Waals surface area contributed by atoms with Gasteiger partial charge in [0.25, 0.3) is 0 Å². The van der Waals surface area contributed by atoms with Gasteiger partial charge in [-0.05, 0) is 12.5 Å². The van der Waals surface area contributed by atoms with E-state index >= 15 is 0 Å². The first-order valence-electron chi connectivity index (χ1n) is 5.85. The Morgan fingerprint density at radius 2 is 1.50 bits per heavy atom. The van der Waals surface area contributed by atoms with Crippen molar-refractivity contribution >= 4 is 11.6 Å². The average Bonchev–Trinajstić information content (AvgIpc) is 2.41. The predicted octanol–water partition coefficient (Wildman–Crippen LogP) is 2.99. The molecule has 0 aromatic heterocycles. The van der Waals surface area contributed by atoms with E-state index < -0.39 is 5.78 Å². The van der Waals surface area contributed by atoms with Crippen LogP contribution in [-0.4, -0.2) is 11.6 Å². The van der Waals surface area contributed by atoms with Gasteiger partial charge >= 0.3 is 0 Å². The van der Waals surface area contributed by atoms with E-state index in [-0.39, 0.29) is 12.2 Å². The van der Waals surface area contributed by atoms with Crippen molar-refractivity contribution in [2.45, 2.75) is 13.3 Å². The second-order valence-corrected chi connectivity index (χ2v) is 4.28. The van der Waals surface area contributed by atoms with Gasteiger partial charge in [0.1, 0.15) is 0 Å². The van der Waals surface area contributed by atoms with Crippen LogP contribution in [0.1, 0.15) is 21.5 Å². The van der Waals surface area contributed by atoms with Gasteiger partial charge in [-0.1, -0.05) is 60.2 Å². The monoisotopic (exact) mass is 238 g/mol. The molecule has 2 rings (SSSR count). The summed E-state index contributed by atoms with van der Waals surface area (Å²) in [6, 6.07) is 16.3. The molecule has 0 aliphatic rings. The molecular weight excluding hydrogens is 224 g/mol. The van der Waals surface area contributed by atoms with E-state index in [1.807, 2.05) is 37.3 Å². The molecule has 0 saturated carbocycles. The highest BCUT2D eigenvalue weighted by Gasteiger charge is 2.15. The van der Waals surface area contributed by atoms with Gasteiger partial charge in [-0.15, -0.1) is 0 Å². The normalized spacial score (nSPS) is 10.1. The molecule has 0 fully saturated rings. The van der Waals surface area contributed by atoms with Gasteiger partial charge < -0.3 is 0 Å². The van der Waals surface area contributed by atoms with Gasteiger partial charge in [-0.3, -0.25) is 9.59 Å². The lowest BCUT2D eigenvalue weighted by Gasteiger charge is -2.01. The van der Waals surface area contributed by atoms with Gasteiger partial charge in [-0.2, -0.15) is 0 Å². The lowest BCUT2D eigenvalue weighted by Crippen LogP contribution is -2.16. The molecule has 2 aromatic carbocycles. The summed E-state index contributed by atoms with van der Waals surface area (Å²) >= 11 is 0. The van der Waals surface area contributed by atoms with Gasteiger partial charge in [-0.25, -0.2) is 0 Å². The number of hydrogen-bond donors (Lipinski definition) is 0. The van der Waals surface area contributed by atoms with Gasteiger partial charge in [0.2, 0.25) is 11.6 Å². The predicted molar refractivity (Wildman–Crippen MR) is 70.7 cm³/mol. The Morgan fingerprint density at radius 1 is 0.889 bits per heavy atom. The second-order valence-electron chi connectivity index (χ2n) is 4.28. The minimum atomic E-state index is -0.420. The van der Waals surface area contributed by atoms with E-state index in [2.05, 4.69) is 0 Å². The van der Waals surface area contributed by atoms with Crippen molar-refractivity contribution in [2.24, 2.45) is 0 Å². The standard InChI is InChI=1S/C16H14O2/c1-12-7-9-13(10-8-12)11-15(17)16(18)14-5-3-2-4-6-14/h2-10H,11H2,1H3. The maximum absolute atomic E-state index is 11.9. The van der Waals surface area contributed by atoms with E-state index in [4.69, 9.17) is 0 Å². The fourth-order valence-corrected chi connectivity index (χ4v) is 1.72. The fourth-order valence-electron chi connectivity index (χ4n) is 1.72. The second kappa shape index (κ2) is 5.41. The molecule has 2 nitrogen and oxygen atoms in total. The Labute approximate surface area is 106 Å². The molecule has 2 aromatic rings. The number of hydrogen-bond acceptors (Lipinski definition) is 2. The third-order valence-corrected chi connectivity index (χ3v) is 2.77. The van der Waals surface area contributed by atoms with Crippen molar-refractivity contribution in [3.8, 4) is 0 Å². The van der Waals surface area contributed by atoms with Crippen LogP contribution in [0.25, 0.3) is 0 Å². The van der Waals surface area contributed by atoms with Crippen molar-refractivity contribution in [2.75, 3.05) is 0 Å². The van der Waals surface area contributed by atoms with Gasteiger partial charge in [0.15, 0.2) is 0 Å². The Morgan fingerprint density at radius 3 is 2.11 bits per heavy atom.